The number of carbonyl (C=O) groups is 1. The van der Waals surface area contributed by atoms with Gasteiger partial charge < -0.3 is 5.32 Å². The van der Waals surface area contributed by atoms with Crippen LogP contribution in [0.3, 0.4) is 0 Å². The number of rotatable bonds is 6. The lowest BCUT2D eigenvalue weighted by molar-refractivity contribution is 0.0951. The highest BCUT2D eigenvalue weighted by atomic mass is 35.5. The lowest BCUT2D eigenvalue weighted by Crippen LogP contribution is -2.36. The fourth-order valence-electron chi connectivity index (χ4n) is 3.31. The number of hydrogen-bond donors (Lipinski definition) is 1. The van der Waals surface area contributed by atoms with Crippen LogP contribution >= 0.6 is 23.2 Å². The number of hydrogen-bond acceptors (Lipinski definition) is 4. The predicted octanol–water partition coefficient (Wildman–Crippen LogP) is 3.62. The van der Waals surface area contributed by atoms with E-state index in [2.05, 4.69) is 10.4 Å². The van der Waals surface area contributed by atoms with Crippen molar-refractivity contribution in [1.82, 2.24) is 19.4 Å². The van der Waals surface area contributed by atoms with Crippen molar-refractivity contribution in [2.24, 2.45) is 0 Å². The first-order valence-electron chi connectivity index (χ1n) is 9.54. The Kier molecular flexibility index (Phi) is 6.88. The first kappa shape index (κ1) is 22.1. The first-order chi connectivity index (χ1) is 13.7. The van der Waals surface area contributed by atoms with Gasteiger partial charge in [0.1, 0.15) is 4.90 Å². The Morgan fingerprint density at radius 3 is 2.48 bits per heavy atom. The molecule has 1 N–H and O–H groups in total. The molecule has 1 aliphatic heterocycles. The molecule has 0 atom stereocenters. The van der Waals surface area contributed by atoms with E-state index in [9.17, 15) is 13.2 Å². The van der Waals surface area contributed by atoms with Crippen LogP contribution in [0.4, 0.5) is 0 Å². The lowest BCUT2D eigenvalue weighted by atomic mass is 10.2. The van der Waals surface area contributed by atoms with E-state index >= 15 is 0 Å². The van der Waals surface area contributed by atoms with E-state index in [-0.39, 0.29) is 27.0 Å². The third-order valence-electron chi connectivity index (χ3n) is 5.01. The Balaban J connectivity index is 1.84. The number of nitrogens with zero attached hydrogens (tertiary/aromatic N) is 3. The highest BCUT2D eigenvalue weighted by Gasteiger charge is 2.29. The van der Waals surface area contributed by atoms with Crippen LogP contribution in [0.15, 0.2) is 23.2 Å². The van der Waals surface area contributed by atoms with Gasteiger partial charge in [0, 0.05) is 37.9 Å². The molecule has 1 fully saturated rings. The summed E-state index contributed by atoms with van der Waals surface area (Å²) < 4.78 is 29.2. The molecule has 3 rings (SSSR count). The van der Waals surface area contributed by atoms with E-state index in [0.717, 1.165) is 37.1 Å². The molecule has 1 aromatic heterocycles. The molecule has 2 aromatic rings. The van der Waals surface area contributed by atoms with Crippen molar-refractivity contribution in [2.45, 2.75) is 51.1 Å². The molecule has 1 aliphatic rings. The van der Waals surface area contributed by atoms with Gasteiger partial charge in [-0.25, -0.2) is 8.42 Å². The second-order valence-corrected chi connectivity index (χ2v) is 9.73. The first-order valence-corrected chi connectivity index (χ1v) is 11.7. The van der Waals surface area contributed by atoms with Gasteiger partial charge in [-0.15, -0.1) is 0 Å². The van der Waals surface area contributed by atoms with Crippen LogP contribution in [0.25, 0.3) is 0 Å². The van der Waals surface area contributed by atoms with Crippen LogP contribution in [0.2, 0.25) is 10.0 Å². The number of amides is 1. The number of nitrogens with one attached hydrogen (secondary N) is 1. The second kappa shape index (κ2) is 9.04. The number of benzene rings is 1. The van der Waals surface area contributed by atoms with Gasteiger partial charge in [0.15, 0.2) is 0 Å². The summed E-state index contributed by atoms with van der Waals surface area (Å²) in [6.45, 7) is 5.74. The van der Waals surface area contributed by atoms with E-state index in [1.807, 2.05) is 20.0 Å². The van der Waals surface area contributed by atoms with Gasteiger partial charge >= 0.3 is 0 Å². The van der Waals surface area contributed by atoms with Crippen molar-refractivity contribution in [3.05, 3.63) is 45.2 Å². The maximum atomic E-state index is 13.0. The highest BCUT2D eigenvalue weighted by molar-refractivity contribution is 7.89. The summed E-state index contributed by atoms with van der Waals surface area (Å²) in [6, 6.07) is 2.58. The molecule has 0 spiro atoms. The molecule has 0 radical (unpaired) electrons. The summed E-state index contributed by atoms with van der Waals surface area (Å²) in [5.41, 5.74) is 1.78. The number of aromatic nitrogens is 2. The van der Waals surface area contributed by atoms with Crippen LogP contribution < -0.4 is 5.32 Å². The van der Waals surface area contributed by atoms with Crippen LogP contribution in [-0.4, -0.2) is 41.5 Å². The van der Waals surface area contributed by atoms with Crippen LogP contribution in [-0.2, 0) is 23.1 Å². The molecule has 1 aromatic carbocycles. The quantitative estimate of drug-likeness (QED) is 0.715. The van der Waals surface area contributed by atoms with E-state index in [4.69, 9.17) is 23.2 Å². The molecule has 158 valence electrons. The zero-order valence-electron chi connectivity index (χ0n) is 16.4. The van der Waals surface area contributed by atoms with Crippen LogP contribution in [0.5, 0.6) is 0 Å². The molecule has 0 unspecified atom stereocenters. The highest BCUT2D eigenvalue weighted by Crippen LogP contribution is 2.31. The van der Waals surface area contributed by atoms with Crippen molar-refractivity contribution in [3.8, 4) is 0 Å². The topological polar surface area (TPSA) is 84.3 Å². The third kappa shape index (κ3) is 4.77. The number of piperidine rings is 1. The standard InChI is InChI=1S/C19H24Cl2N4O3S/c1-3-24-12-14(13(2)23-24)11-22-19(26)15-9-18(17(21)10-16(15)20)29(27,28)25-7-5-4-6-8-25/h9-10,12H,3-8,11H2,1-2H3,(H,22,26). The molecule has 1 saturated heterocycles. The number of aryl methyl sites for hydroxylation is 2. The summed E-state index contributed by atoms with van der Waals surface area (Å²) in [5, 5.41) is 7.24. The molecular formula is C19H24Cl2N4O3S. The van der Waals surface area contributed by atoms with Gasteiger partial charge in [0.05, 0.1) is 21.3 Å². The van der Waals surface area contributed by atoms with Crippen molar-refractivity contribution in [3.63, 3.8) is 0 Å². The summed E-state index contributed by atoms with van der Waals surface area (Å²) >= 11 is 12.4. The van der Waals surface area contributed by atoms with Gasteiger partial charge in [-0.2, -0.15) is 9.40 Å². The Morgan fingerprint density at radius 1 is 1.17 bits per heavy atom. The van der Waals surface area contributed by atoms with Crippen LogP contribution in [0, 0.1) is 6.92 Å². The average molecular weight is 459 g/mol. The summed E-state index contributed by atoms with van der Waals surface area (Å²) in [6.07, 6.45) is 4.48. The van der Waals surface area contributed by atoms with E-state index in [1.54, 1.807) is 4.68 Å². The monoisotopic (exact) mass is 458 g/mol. The maximum absolute atomic E-state index is 13.0. The third-order valence-corrected chi connectivity index (χ3v) is 7.69. The zero-order chi connectivity index (χ0) is 21.2. The van der Waals surface area contributed by atoms with E-state index in [0.29, 0.717) is 13.1 Å². The number of carbonyl (C=O) groups excluding carboxylic acids is 1. The van der Waals surface area contributed by atoms with Gasteiger partial charge in [0.25, 0.3) is 5.91 Å². The largest absolute Gasteiger partial charge is 0.348 e. The Morgan fingerprint density at radius 2 is 1.86 bits per heavy atom. The second-order valence-electron chi connectivity index (χ2n) is 7.01. The van der Waals surface area contributed by atoms with Crippen molar-refractivity contribution in [1.29, 1.82) is 0 Å². The van der Waals surface area contributed by atoms with Crippen molar-refractivity contribution in [2.75, 3.05) is 13.1 Å². The van der Waals surface area contributed by atoms with Crippen molar-refractivity contribution < 1.29 is 13.2 Å². The average Bonchev–Trinajstić information content (AvgIpc) is 3.06. The van der Waals surface area contributed by atoms with E-state index in [1.165, 1.54) is 16.4 Å². The maximum Gasteiger partial charge on any atom is 0.253 e. The molecule has 7 nitrogen and oxygen atoms in total. The molecule has 0 saturated carbocycles. The van der Waals surface area contributed by atoms with Gasteiger partial charge in [-0.3, -0.25) is 9.48 Å². The molecule has 0 aliphatic carbocycles. The predicted molar refractivity (Wildman–Crippen MR) is 113 cm³/mol. The van der Waals surface area contributed by atoms with Gasteiger partial charge in [-0.1, -0.05) is 29.6 Å². The Bertz CT molecular complexity index is 1010. The lowest BCUT2D eigenvalue weighted by Gasteiger charge is -2.26. The Hall–Kier alpha value is -1.61. The molecule has 1 amide bonds. The van der Waals surface area contributed by atoms with Gasteiger partial charge in [0.2, 0.25) is 10.0 Å². The number of sulfonamides is 1. The normalized spacial score (nSPS) is 15.4. The minimum Gasteiger partial charge on any atom is -0.348 e. The zero-order valence-corrected chi connectivity index (χ0v) is 18.7. The minimum atomic E-state index is -3.79. The number of halogens is 2. The fourth-order valence-corrected chi connectivity index (χ4v) is 5.66. The fraction of sp³-hybridized carbons (Fsp3) is 0.474. The smallest absolute Gasteiger partial charge is 0.253 e. The van der Waals surface area contributed by atoms with Crippen molar-refractivity contribution >= 4 is 39.1 Å². The summed E-state index contributed by atoms with van der Waals surface area (Å²) in [7, 11) is -3.79. The molecule has 29 heavy (non-hydrogen) atoms. The molecule has 0 bridgehead atoms. The summed E-state index contributed by atoms with van der Waals surface area (Å²) in [4.78, 5) is 12.6. The SMILES string of the molecule is CCn1cc(CNC(=O)c2cc(S(=O)(=O)N3CCCCC3)c(Cl)cc2Cl)c(C)n1. The molecule has 2 heterocycles. The molecule has 10 heteroatoms. The summed E-state index contributed by atoms with van der Waals surface area (Å²) in [5.74, 6) is -0.467. The molecular weight excluding hydrogens is 435 g/mol. The minimum absolute atomic E-state index is 0.0113. The van der Waals surface area contributed by atoms with E-state index < -0.39 is 15.9 Å². The van der Waals surface area contributed by atoms with Crippen LogP contribution in [0.1, 0.15) is 47.8 Å². The Labute approximate surface area is 181 Å². The van der Waals surface area contributed by atoms with Gasteiger partial charge in [-0.05, 0) is 38.8 Å².